The summed E-state index contributed by atoms with van der Waals surface area (Å²) in [5, 5.41) is 0. The number of carbonyl (C=O) groups excluding carboxylic acids is 1. The molecule has 0 saturated carbocycles. The topological polar surface area (TPSA) is 32.8 Å². The standard InChI is InChI=1S/C27H28N2O2/c1-31-26-8-4-7-23(17-26)21-9-11-22(12-10-21)27(30)29-16-14-25(19-29)28-15-13-20-5-2-3-6-24(20)18-28/h2-12,17,25H,13-16,18-19H2,1H3. The van der Waals surface area contributed by atoms with Crippen LogP contribution in [0.15, 0.2) is 72.8 Å². The molecule has 4 heteroatoms. The van der Waals surface area contributed by atoms with Crippen LogP contribution in [-0.4, -0.2) is 48.5 Å². The van der Waals surface area contributed by atoms with Crippen LogP contribution in [0.25, 0.3) is 11.1 Å². The molecule has 158 valence electrons. The molecule has 0 spiro atoms. The first-order valence-corrected chi connectivity index (χ1v) is 11.1. The molecule has 0 aliphatic carbocycles. The summed E-state index contributed by atoms with van der Waals surface area (Å²) in [7, 11) is 1.67. The molecule has 0 bridgehead atoms. The zero-order valence-corrected chi connectivity index (χ0v) is 18.0. The molecule has 2 heterocycles. The third-order valence-electron chi connectivity index (χ3n) is 6.66. The van der Waals surface area contributed by atoms with E-state index in [-0.39, 0.29) is 5.91 Å². The summed E-state index contributed by atoms with van der Waals surface area (Å²) >= 11 is 0. The zero-order valence-electron chi connectivity index (χ0n) is 18.0. The van der Waals surface area contributed by atoms with Crippen molar-refractivity contribution >= 4 is 5.91 Å². The molecule has 2 aliphatic heterocycles. The second kappa shape index (κ2) is 8.56. The first kappa shape index (κ1) is 19.8. The summed E-state index contributed by atoms with van der Waals surface area (Å²) < 4.78 is 5.32. The SMILES string of the molecule is COc1cccc(-c2ccc(C(=O)N3CCC(N4CCc5ccccc5C4)C3)cc2)c1. The largest absolute Gasteiger partial charge is 0.497 e. The summed E-state index contributed by atoms with van der Waals surface area (Å²) in [6.45, 7) is 3.73. The van der Waals surface area contributed by atoms with E-state index in [0.717, 1.165) is 61.5 Å². The number of rotatable bonds is 4. The lowest BCUT2D eigenvalue weighted by molar-refractivity contribution is 0.0773. The van der Waals surface area contributed by atoms with Crippen molar-refractivity contribution in [3.8, 4) is 16.9 Å². The van der Waals surface area contributed by atoms with Crippen molar-refractivity contribution in [3.63, 3.8) is 0 Å². The number of ether oxygens (including phenoxy) is 1. The predicted octanol–water partition coefficient (Wildman–Crippen LogP) is 4.64. The Morgan fingerprint density at radius 1 is 0.903 bits per heavy atom. The van der Waals surface area contributed by atoms with E-state index in [1.54, 1.807) is 7.11 Å². The monoisotopic (exact) mass is 412 g/mol. The Morgan fingerprint density at radius 3 is 2.52 bits per heavy atom. The maximum Gasteiger partial charge on any atom is 0.253 e. The van der Waals surface area contributed by atoms with Crippen molar-refractivity contribution < 1.29 is 9.53 Å². The normalized spacial score (nSPS) is 18.6. The van der Waals surface area contributed by atoms with E-state index in [9.17, 15) is 4.79 Å². The van der Waals surface area contributed by atoms with Gasteiger partial charge in [0.25, 0.3) is 5.91 Å². The van der Waals surface area contributed by atoms with Gasteiger partial charge >= 0.3 is 0 Å². The number of nitrogens with zero attached hydrogens (tertiary/aromatic N) is 2. The summed E-state index contributed by atoms with van der Waals surface area (Å²) in [5.41, 5.74) is 5.84. The fraction of sp³-hybridized carbons (Fsp3) is 0.296. The number of methoxy groups -OCH3 is 1. The van der Waals surface area contributed by atoms with Gasteiger partial charge in [0.1, 0.15) is 5.75 Å². The smallest absolute Gasteiger partial charge is 0.253 e. The number of hydrogen-bond acceptors (Lipinski definition) is 3. The second-order valence-corrected chi connectivity index (χ2v) is 8.49. The van der Waals surface area contributed by atoms with Crippen LogP contribution in [0.1, 0.15) is 27.9 Å². The Bertz CT molecular complexity index is 1080. The number of benzene rings is 3. The van der Waals surface area contributed by atoms with E-state index in [1.165, 1.54) is 11.1 Å². The van der Waals surface area contributed by atoms with Crippen molar-refractivity contribution in [3.05, 3.63) is 89.5 Å². The maximum absolute atomic E-state index is 13.1. The number of amides is 1. The molecule has 0 radical (unpaired) electrons. The highest BCUT2D eigenvalue weighted by molar-refractivity contribution is 5.95. The number of likely N-dealkylation sites (tertiary alicyclic amines) is 1. The molecular weight excluding hydrogens is 384 g/mol. The fourth-order valence-electron chi connectivity index (χ4n) is 4.84. The lowest BCUT2D eigenvalue weighted by Gasteiger charge is -2.33. The molecule has 3 aromatic carbocycles. The molecule has 1 atom stereocenters. The summed E-state index contributed by atoms with van der Waals surface area (Å²) in [5.74, 6) is 0.971. The Balaban J connectivity index is 1.24. The van der Waals surface area contributed by atoms with Crippen LogP contribution in [0.2, 0.25) is 0 Å². The summed E-state index contributed by atoms with van der Waals surface area (Å²) in [6, 6.07) is 25.1. The van der Waals surface area contributed by atoms with Crippen LogP contribution < -0.4 is 4.74 Å². The molecule has 1 unspecified atom stereocenters. The molecule has 0 aromatic heterocycles. The predicted molar refractivity (Wildman–Crippen MR) is 123 cm³/mol. The van der Waals surface area contributed by atoms with Gasteiger partial charge in [-0.3, -0.25) is 9.69 Å². The van der Waals surface area contributed by atoms with Gasteiger partial charge in [-0.1, -0.05) is 48.5 Å². The van der Waals surface area contributed by atoms with Crippen LogP contribution in [0, 0.1) is 0 Å². The zero-order chi connectivity index (χ0) is 21.2. The van der Waals surface area contributed by atoms with E-state index in [0.29, 0.717) is 6.04 Å². The minimum absolute atomic E-state index is 0.136. The molecule has 1 amide bonds. The van der Waals surface area contributed by atoms with Crippen LogP contribution in [0.4, 0.5) is 0 Å². The quantitative estimate of drug-likeness (QED) is 0.626. The van der Waals surface area contributed by atoms with Gasteiger partial charge < -0.3 is 9.64 Å². The Hall–Kier alpha value is -3.11. The van der Waals surface area contributed by atoms with Crippen molar-refractivity contribution in [2.45, 2.75) is 25.4 Å². The fourth-order valence-corrected chi connectivity index (χ4v) is 4.84. The van der Waals surface area contributed by atoms with Gasteiger partial charge in [0.15, 0.2) is 0 Å². The summed E-state index contributed by atoms with van der Waals surface area (Å²) in [4.78, 5) is 17.7. The summed E-state index contributed by atoms with van der Waals surface area (Å²) in [6.07, 6.45) is 2.15. The van der Waals surface area contributed by atoms with Crippen molar-refractivity contribution in [2.24, 2.45) is 0 Å². The van der Waals surface area contributed by atoms with Gasteiger partial charge in [-0.15, -0.1) is 0 Å². The number of carbonyl (C=O) groups is 1. The van der Waals surface area contributed by atoms with Crippen LogP contribution in [-0.2, 0) is 13.0 Å². The molecular formula is C27H28N2O2. The van der Waals surface area contributed by atoms with Crippen LogP contribution >= 0.6 is 0 Å². The van der Waals surface area contributed by atoms with Crippen LogP contribution in [0.5, 0.6) is 5.75 Å². The van der Waals surface area contributed by atoms with Crippen molar-refractivity contribution in [2.75, 3.05) is 26.7 Å². The second-order valence-electron chi connectivity index (χ2n) is 8.49. The van der Waals surface area contributed by atoms with E-state index in [4.69, 9.17) is 4.74 Å². The molecule has 0 N–H and O–H groups in total. The molecule has 5 rings (SSSR count). The first-order valence-electron chi connectivity index (χ1n) is 11.1. The Kier molecular flexibility index (Phi) is 5.47. The van der Waals surface area contributed by atoms with Crippen LogP contribution in [0.3, 0.4) is 0 Å². The third-order valence-corrected chi connectivity index (χ3v) is 6.66. The Labute approximate surface area is 184 Å². The molecule has 4 nitrogen and oxygen atoms in total. The lowest BCUT2D eigenvalue weighted by Crippen LogP contribution is -2.41. The minimum atomic E-state index is 0.136. The highest BCUT2D eigenvalue weighted by Crippen LogP contribution is 2.27. The molecule has 31 heavy (non-hydrogen) atoms. The maximum atomic E-state index is 13.1. The number of hydrogen-bond donors (Lipinski definition) is 0. The van der Waals surface area contributed by atoms with E-state index >= 15 is 0 Å². The van der Waals surface area contributed by atoms with E-state index in [1.807, 2.05) is 47.4 Å². The van der Waals surface area contributed by atoms with Gasteiger partial charge in [0, 0.05) is 37.8 Å². The first-order chi connectivity index (χ1) is 15.2. The minimum Gasteiger partial charge on any atom is -0.497 e. The van der Waals surface area contributed by atoms with Gasteiger partial charge in [-0.25, -0.2) is 0 Å². The van der Waals surface area contributed by atoms with Gasteiger partial charge in [-0.05, 0) is 59.4 Å². The van der Waals surface area contributed by atoms with Crippen molar-refractivity contribution in [1.29, 1.82) is 0 Å². The highest BCUT2D eigenvalue weighted by atomic mass is 16.5. The molecule has 2 aliphatic rings. The van der Waals surface area contributed by atoms with E-state index in [2.05, 4.69) is 35.2 Å². The Morgan fingerprint density at radius 2 is 1.71 bits per heavy atom. The average Bonchev–Trinajstić information content (AvgIpc) is 3.34. The van der Waals surface area contributed by atoms with Gasteiger partial charge in [0.2, 0.25) is 0 Å². The molecule has 1 fully saturated rings. The van der Waals surface area contributed by atoms with Gasteiger partial charge in [0.05, 0.1) is 7.11 Å². The average molecular weight is 413 g/mol. The molecule has 3 aromatic rings. The number of fused-ring (bicyclic) bond motifs is 1. The van der Waals surface area contributed by atoms with Crippen molar-refractivity contribution in [1.82, 2.24) is 9.80 Å². The molecule has 1 saturated heterocycles. The lowest BCUT2D eigenvalue weighted by atomic mass is 9.98. The highest BCUT2D eigenvalue weighted by Gasteiger charge is 2.32. The van der Waals surface area contributed by atoms with E-state index < -0.39 is 0 Å². The third kappa shape index (κ3) is 4.08. The van der Waals surface area contributed by atoms with Gasteiger partial charge in [-0.2, -0.15) is 0 Å².